The molecule has 0 bridgehead atoms. The van der Waals surface area contributed by atoms with Crippen LogP contribution in [-0.4, -0.2) is 21.5 Å². The van der Waals surface area contributed by atoms with E-state index in [0.717, 1.165) is 24.1 Å². The van der Waals surface area contributed by atoms with Crippen molar-refractivity contribution < 1.29 is 8.42 Å². The summed E-state index contributed by atoms with van der Waals surface area (Å²) in [6, 6.07) is 3.53. The molecule has 0 saturated heterocycles. The Balaban J connectivity index is 2.01. The fourth-order valence-electron chi connectivity index (χ4n) is 2.52. The number of rotatable bonds is 6. The third-order valence-electron chi connectivity index (χ3n) is 3.79. The molecule has 3 N–H and O–H groups in total. The molecular formula is C13H22N2O2S2. The average Bonchev–Trinajstić information content (AvgIpc) is 2.98. The second-order valence-corrected chi connectivity index (χ2v) is 8.76. The number of nitrogens with one attached hydrogen (secondary N) is 1. The zero-order valence-electron chi connectivity index (χ0n) is 11.3. The van der Waals surface area contributed by atoms with Crippen molar-refractivity contribution in [2.24, 2.45) is 11.1 Å². The Bertz CT molecular complexity index is 517. The molecule has 6 heteroatoms. The van der Waals surface area contributed by atoms with Gasteiger partial charge in [0.2, 0.25) is 10.0 Å². The van der Waals surface area contributed by atoms with E-state index in [1.54, 1.807) is 6.07 Å². The first-order valence-electron chi connectivity index (χ1n) is 6.74. The van der Waals surface area contributed by atoms with E-state index in [4.69, 9.17) is 5.73 Å². The monoisotopic (exact) mass is 302 g/mol. The summed E-state index contributed by atoms with van der Waals surface area (Å²) in [4.78, 5) is 1.02. The highest BCUT2D eigenvalue weighted by Gasteiger charge is 2.30. The molecule has 2 rings (SSSR count). The third kappa shape index (κ3) is 3.78. The van der Waals surface area contributed by atoms with Gasteiger partial charge in [-0.15, -0.1) is 11.3 Å². The largest absolute Gasteiger partial charge is 0.330 e. The third-order valence-corrected chi connectivity index (χ3v) is 6.83. The maximum atomic E-state index is 12.2. The standard InChI is InChI=1S/C13H22N2O2S2/c1-13(7-2-3-8-13)10-15-19(16,17)12-5-4-11(18-12)6-9-14/h4-5,15H,2-3,6-10,14H2,1H3. The molecule has 1 aromatic rings. The van der Waals surface area contributed by atoms with Gasteiger partial charge >= 0.3 is 0 Å². The van der Waals surface area contributed by atoms with Crippen LogP contribution in [0.1, 0.15) is 37.5 Å². The first kappa shape index (κ1) is 15.0. The lowest BCUT2D eigenvalue weighted by Gasteiger charge is -2.23. The Kier molecular flexibility index (Phi) is 4.66. The molecule has 108 valence electrons. The van der Waals surface area contributed by atoms with Gasteiger partial charge in [0.25, 0.3) is 0 Å². The lowest BCUT2D eigenvalue weighted by molar-refractivity contribution is 0.336. The van der Waals surface area contributed by atoms with Crippen LogP contribution in [0, 0.1) is 5.41 Å². The van der Waals surface area contributed by atoms with E-state index in [-0.39, 0.29) is 5.41 Å². The molecule has 0 atom stereocenters. The van der Waals surface area contributed by atoms with Crippen LogP contribution in [0.25, 0.3) is 0 Å². The summed E-state index contributed by atoms with van der Waals surface area (Å²) in [7, 11) is -3.36. The van der Waals surface area contributed by atoms with Crippen LogP contribution in [0.2, 0.25) is 0 Å². The summed E-state index contributed by atoms with van der Waals surface area (Å²) in [5.41, 5.74) is 5.61. The Labute approximate surface area is 119 Å². The molecule has 0 aliphatic heterocycles. The van der Waals surface area contributed by atoms with Crippen LogP contribution in [-0.2, 0) is 16.4 Å². The summed E-state index contributed by atoms with van der Waals surface area (Å²) in [6.45, 7) is 3.25. The smallest absolute Gasteiger partial charge is 0.250 e. The second-order valence-electron chi connectivity index (χ2n) is 5.60. The summed E-state index contributed by atoms with van der Waals surface area (Å²) >= 11 is 1.32. The lowest BCUT2D eigenvalue weighted by Crippen LogP contribution is -2.33. The molecule has 0 amide bonds. The van der Waals surface area contributed by atoms with E-state index >= 15 is 0 Å². The van der Waals surface area contributed by atoms with E-state index in [0.29, 0.717) is 17.3 Å². The lowest BCUT2D eigenvalue weighted by atomic mass is 9.89. The minimum Gasteiger partial charge on any atom is -0.330 e. The summed E-state index contributed by atoms with van der Waals surface area (Å²) in [5.74, 6) is 0. The van der Waals surface area contributed by atoms with Gasteiger partial charge in [0.05, 0.1) is 0 Å². The number of hydrogen-bond acceptors (Lipinski definition) is 4. The van der Waals surface area contributed by atoms with Gasteiger partial charge in [-0.1, -0.05) is 19.8 Å². The molecule has 1 aliphatic rings. The van der Waals surface area contributed by atoms with Crippen molar-refractivity contribution in [2.45, 2.75) is 43.2 Å². The molecule has 4 nitrogen and oxygen atoms in total. The van der Waals surface area contributed by atoms with Gasteiger partial charge in [0.15, 0.2) is 0 Å². The predicted octanol–water partition coefficient (Wildman–Crippen LogP) is 2.11. The van der Waals surface area contributed by atoms with Gasteiger partial charge < -0.3 is 5.73 Å². The normalized spacial score (nSPS) is 18.8. The molecule has 1 aromatic heterocycles. The number of sulfonamides is 1. The van der Waals surface area contributed by atoms with Crippen molar-refractivity contribution in [1.29, 1.82) is 0 Å². The average molecular weight is 302 g/mol. The van der Waals surface area contributed by atoms with Crippen molar-refractivity contribution in [3.63, 3.8) is 0 Å². The molecule has 1 saturated carbocycles. The van der Waals surface area contributed by atoms with Gasteiger partial charge in [-0.25, -0.2) is 13.1 Å². The minimum absolute atomic E-state index is 0.129. The SMILES string of the molecule is CC1(CNS(=O)(=O)c2ccc(CCN)s2)CCCC1. The zero-order chi connectivity index (χ0) is 13.9. The highest BCUT2D eigenvalue weighted by molar-refractivity contribution is 7.91. The van der Waals surface area contributed by atoms with Crippen molar-refractivity contribution >= 4 is 21.4 Å². The molecule has 1 heterocycles. The van der Waals surface area contributed by atoms with Gasteiger partial charge in [0.1, 0.15) is 4.21 Å². The molecule has 19 heavy (non-hydrogen) atoms. The number of thiophene rings is 1. The van der Waals surface area contributed by atoms with E-state index < -0.39 is 10.0 Å². The summed E-state index contributed by atoms with van der Waals surface area (Å²) in [5, 5.41) is 0. The van der Waals surface area contributed by atoms with Crippen LogP contribution in [0.15, 0.2) is 16.3 Å². The minimum atomic E-state index is -3.36. The van der Waals surface area contributed by atoms with Gasteiger partial charge in [0, 0.05) is 11.4 Å². The maximum Gasteiger partial charge on any atom is 0.250 e. The van der Waals surface area contributed by atoms with Gasteiger partial charge in [-0.05, 0) is 43.4 Å². The first-order chi connectivity index (χ1) is 8.95. The van der Waals surface area contributed by atoms with Gasteiger partial charge in [-0.3, -0.25) is 0 Å². The first-order valence-corrected chi connectivity index (χ1v) is 9.04. The van der Waals surface area contributed by atoms with Gasteiger partial charge in [-0.2, -0.15) is 0 Å². The number of nitrogens with two attached hydrogens (primary N) is 1. The highest BCUT2D eigenvalue weighted by Crippen LogP contribution is 2.37. The quantitative estimate of drug-likeness (QED) is 0.845. The van der Waals surface area contributed by atoms with E-state index in [1.807, 2.05) is 6.07 Å². The Hall–Kier alpha value is -0.430. The Morgan fingerprint density at radius 2 is 2.05 bits per heavy atom. The predicted molar refractivity (Wildman–Crippen MR) is 78.8 cm³/mol. The summed E-state index contributed by atoms with van der Waals surface area (Å²) < 4.78 is 27.6. The van der Waals surface area contributed by atoms with Crippen LogP contribution in [0.3, 0.4) is 0 Å². The van der Waals surface area contributed by atoms with Crippen LogP contribution in [0.5, 0.6) is 0 Å². The van der Waals surface area contributed by atoms with Crippen molar-refractivity contribution in [2.75, 3.05) is 13.1 Å². The van der Waals surface area contributed by atoms with Crippen LogP contribution < -0.4 is 10.5 Å². The molecule has 0 unspecified atom stereocenters. The van der Waals surface area contributed by atoms with E-state index in [9.17, 15) is 8.42 Å². The zero-order valence-corrected chi connectivity index (χ0v) is 12.9. The molecular weight excluding hydrogens is 280 g/mol. The van der Waals surface area contributed by atoms with Crippen LogP contribution >= 0.6 is 11.3 Å². The molecule has 0 radical (unpaired) electrons. The topological polar surface area (TPSA) is 72.2 Å². The van der Waals surface area contributed by atoms with E-state index in [1.165, 1.54) is 24.2 Å². The maximum absolute atomic E-state index is 12.2. The fraction of sp³-hybridized carbons (Fsp3) is 0.692. The molecule has 0 aromatic carbocycles. The van der Waals surface area contributed by atoms with Crippen molar-refractivity contribution in [3.8, 4) is 0 Å². The van der Waals surface area contributed by atoms with E-state index in [2.05, 4.69) is 11.6 Å². The number of hydrogen-bond donors (Lipinski definition) is 2. The van der Waals surface area contributed by atoms with Crippen molar-refractivity contribution in [3.05, 3.63) is 17.0 Å². The Morgan fingerprint density at radius 3 is 2.68 bits per heavy atom. The second kappa shape index (κ2) is 5.91. The molecule has 0 spiro atoms. The Morgan fingerprint density at radius 1 is 1.37 bits per heavy atom. The highest BCUT2D eigenvalue weighted by atomic mass is 32.2. The summed E-state index contributed by atoms with van der Waals surface area (Å²) in [6.07, 6.45) is 5.37. The van der Waals surface area contributed by atoms with Crippen molar-refractivity contribution in [1.82, 2.24) is 4.72 Å². The van der Waals surface area contributed by atoms with Crippen LogP contribution in [0.4, 0.5) is 0 Å². The fourth-order valence-corrected chi connectivity index (χ4v) is 5.14. The molecule has 1 aliphatic carbocycles. The molecule has 1 fully saturated rings.